The number of unbranched alkanes of at least 4 members (excludes halogenated alkanes) is 1. The third-order valence-electron chi connectivity index (χ3n) is 7.42. The lowest BCUT2D eigenvalue weighted by atomic mass is 9.68. The first kappa shape index (κ1) is 26.0. The minimum absolute atomic E-state index is 0.332. The molecule has 1 N–H and O–H groups in total. The molecule has 0 spiro atoms. The summed E-state index contributed by atoms with van der Waals surface area (Å²) in [5.74, 6) is -0.430. The van der Waals surface area contributed by atoms with Crippen molar-refractivity contribution >= 4 is 11.9 Å². The van der Waals surface area contributed by atoms with E-state index in [1.165, 1.54) is 31.2 Å². The van der Waals surface area contributed by atoms with Crippen molar-refractivity contribution in [2.45, 2.75) is 84.5 Å². The van der Waals surface area contributed by atoms with Gasteiger partial charge < -0.3 is 9.84 Å². The van der Waals surface area contributed by atoms with Gasteiger partial charge >= 0.3 is 11.9 Å². The molecule has 1 saturated carbocycles. The van der Waals surface area contributed by atoms with Gasteiger partial charge in [-0.3, -0.25) is 4.79 Å². The van der Waals surface area contributed by atoms with E-state index in [1.54, 1.807) is 12.1 Å². The molecule has 1 atom stereocenters. The van der Waals surface area contributed by atoms with Gasteiger partial charge in [0.15, 0.2) is 0 Å². The SMILES string of the molecule is CCCCOC(=O)c1ccc(C[C@@H](C(=O)O)c2ccc([C@H]3CC[C@H](C(C)(C)C)CC3)cc2)cc1. The first-order valence-corrected chi connectivity index (χ1v) is 12.8. The van der Waals surface area contributed by atoms with E-state index in [0.29, 0.717) is 29.9 Å². The lowest BCUT2D eigenvalue weighted by Crippen LogP contribution is -2.25. The van der Waals surface area contributed by atoms with Crippen LogP contribution in [0.4, 0.5) is 0 Å². The summed E-state index contributed by atoms with van der Waals surface area (Å²) in [6, 6.07) is 15.3. The molecule has 3 rings (SSSR count). The van der Waals surface area contributed by atoms with Crippen LogP contribution in [0, 0.1) is 11.3 Å². The van der Waals surface area contributed by atoms with Gasteiger partial charge in [-0.1, -0.05) is 70.5 Å². The summed E-state index contributed by atoms with van der Waals surface area (Å²) in [7, 11) is 0. The largest absolute Gasteiger partial charge is 0.481 e. The van der Waals surface area contributed by atoms with Crippen molar-refractivity contribution in [2.75, 3.05) is 6.61 Å². The Morgan fingerprint density at radius 1 is 0.971 bits per heavy atom. The third kappa shape index (κ3) is 6.94. The van der Waals surface area contributed by atoms with E-state index in [4.69, 9.17) is 4.74 Å². The van der Waals surface area contributed by atoms with Gasteiger partial charge in [0, 0.05) is 0 Å². The van der Waals surface area contributed by atoms with E-state index in [2.05, 4.69) is 32.9 Å². The van der Waals surface area contributed by atoms with Gasteiger partial charge in [0.2, 0.25) is 0 Å². The van der Waals surface area contributed by atoms with E-state index in [9.17, 15) is 14.7 Å². The molecular formula is C30H40O4. The van der Waals surface area contributed by atoms with E-state index in [-0.39, 0.29) is 5.97 Å². The van der Waals surface area contributed by atoms with Crippen molar-refractivity contribution in [2.24, 2.45) is 11.3 Å². The van der Waals surface area contributed by atoms with Crippen LogP contribution in [0.1, 0.15) is 105 Å². The summed E-state index contributed by atoms with van der Waals surface area (Å²) in [5.41, 5.74) is 3.91. The summed E-state index contributed by atoms with van der Waals surface area (Å²) < 4.78 is 5.25. The monoisotopic (exact) mass is 464 g/mol. The predicted octanol–water partition coefficient (Wildman–Crippen LogP) is 7.37. The number of aliphatic carboxylic acids is 1. The number of carboxylic acids is 1. The van der Waals surface area contributed by atoms with E-state index in [0.717, 1.165) is 29.9 Å². The number of esters is 1. The van der Waals surface area contributed by atoms with Crippen LogP contribution in [0.25, 0.3) is 0 Å². The Morgan fingerprint density at radius 3 is 2.12 bits per heavy atom. The molecule has 0 aromatic heterocycles. The molecule has 1 fully saturated rings. The topological polar surface area (TPSA) is 63.6 Å². The Labute approximate surface area is 204 Å². The summed E-state index contributed by atoms with van der Waals surface area (Å²) in [6.07, 6.45) is 7.14. The maximum Gasteiger partial charge on any atom is 0.338 e. The predicted molar refractivity (Wildman–Crippen MR) is 136 cm³/mol. The molecule has 4 nitrogen and oxygen atoms in total. The smallest absolute Gasteiger partial charge is 0.338 e. The molecule has 4 heteroatoms. The molecule has 34 heavy (non-hydrogen) atoms. The second-order valence-corrected chi connectivity index (χ2v) is 10.9. The van der Waals surface area contributed by atoms with Gasteiger partial charge in [0.25, 0.3) is 0 Å². The first-order chi connectivity index (χ1) is 16.2. The van der Waals surface area contributed by atoms with E-state index >= 15 is 0 Å². The van der Waals surface area contributed by atoms with Gasteiger partial charge in [-0.05, 0) is 84.6 Å². The number of hydrogen-bond acceptors (Lipinski definition) is 3. The van der Waals surface area contributed by atoms with Crippen LogP contribution in [0.15, 0.2) is 48.5 Å². The number of rotatable bonds is 9. The summed E-state index contributed by atoms with van der Waals surface area (Å²) in [6.45, 7) is 9.49. The van der Waals surface area contributed by atoms with Crippen molar-refractivity contribution in [3.8, 4) is 0 Å². The molecule has 0 amide bonds. The second-order valence-electron chi connectivity index (χ2n) is 10.9. The molecule has 0 saturated heterocycles. The fourth-order valence-electron chi connectivity index (χ4n) is 5.05. The van der Waals surface area contributed by atoms with Crippen LogP contribution in [0.2, 0.25) is 0 Å². The lowest BCUT2D eigenvalue weighted by molar-refractivity contribution is -0.138. The highest BCUT2D eigenvalue weighted by Crippen LogP contribution is 2.43. The zero-order valence-corrected chi connectivity index (χ0v) is 21.2. The van der Waals surface area contributed by atoms with E-state index in [1.807, 2.05) is 31.2 Å². The molecule has 0 radical (unpaired) electrons. The van der Waals surface area contributed by atoms with Crippen LogP contribution in [-0.2, 0) is 16.0 Å². The van der Waals surface area contributed by atoms with Crippen molar-refractivity contribution in [3.05, 3.63) is 70.8 Å². The average Bonchev–Trinajstić information content (AvgIpc) is 2.82. The molecule has 0 unspecified atom stereocenters. The number of carbonyl (C=O) groups excluding carboxylic acids is 1. The van der Waals surface area contributed by atoms with Crippen molar-refractivity contribution in [3.63, 3.8) is 0 Å². The normalized spacial score (nSPS) is 19.4. The Kier molecular flexibility index (Phi) is 8.93. The molecule has 0 heterocycles. The zero-order chi connectivity index (χ0) is 24.7. The highest BCUT2D eigenvalue weighted by molar-refractivity contribution is 5.89. The number of ether oxygens (including phenoxy) is 1. The van der Waals surface area contributed by atoms with Crippen LogP contribution in [0.5, 0.6) is 0 Å². The Morgan fingerprint density at radius 2 is 1.59 bits per heavy atom. The number of carbonyl (C=O) groups is 2. The van der Waals surface area contributed by atoms with Crippen LogP contribution < -0.4 is 0 Å². The third-order valence-corrected chi connectivity index (χ3v) is 7.42. The minimum atomic E-state index is -0.832. The van der Waals surface area contributed by atoms with Gasteiger partial charge in [0.1, 0.15) is 0 Å². The molecule has 0 aliphatic heterocycles. The van der Waals surface area contributed by atoms with Gasteiger partial charge in [0.05, 0.1) is 18.1 Å². The fourth-order valence-corrected chi connectivity index (χ4v) is 5.05. The minimum Gasteiger partial charge on any atom is -0.481 e. The number of benzene rings is 2. The van der Waals surface area contributed by atoms with Gasteiger partial charge in [-0.15, -0.1) is 0 Å². The summed E-state index contributed by atoms with van der Waals surface area (Å²) in [5, 5.41) is 9.90. The van der Waals surface area contributed by atoms with Crippen molar-refractivity contribution in [1.29, 1.82) is 0 Å². The first-order valence-electron chi connectivity index (χ1n) is 12.8. The maximum absolute atomic E-state index is 12.1. The Bertz CT molecular complexity index is 929. The zero-order valence-electron chi connectivity index (χ0n) is 21.2. The van der Waals surface area contributed by atoms with Gasteiger partial charge in [-0.25, -0.2) is 4.79 Å². The Balaban J connectivity index is 1.62. The van der Waals surface area contributed by atoms with E-state index < -0.39 is 11.9 Å². The Hall–Kier alpha value is -2.62. The molecule has 2 aromatic carbocycles. The maximum atomic E-state index is 12.1. The van der Waals surface area contributed by atoms with Crippen LogP contribution in [-0.4, -0.2) is 23.7 Å². The van der Waals surface area contributed by atoms with Crippen molar-refractivity contribution in [1.82, 2.24) is 0 Å². The fraction of sp³-hybridized carbons (Fsp3) is 0.533. The molecule has 1 aliphatic rings. The molecule has 0 bridgehead atoms. The van der Waals surface area contributed by atoms with Crippen LogP contribution in [0.3, 0.4) is 0 Å². The van der Waals surface area contributed by atoms with Crippen molar-refractivity contribution < 1.29 is 19.4 Å². The molecule has 2 aromatic rings. The second kappa shape index (κ2) is 11.7. The quantitative estimate of drug-likeness (QED) is 0.311. The standard InChI is InChI=1S/C30H40O4/c1-5-6-19-34-29(33)25-9-7-21(8-10-25)20-27(28(31)32)24-13-11-22(12-14-24)23-15-17-26(18-16-23)30(2,3)4/h7-14,23,26-27H,5-6,15-20H2,1-4H3,(H,31,32)/t23-,26-,27-/m1/s1. The summed E-state index contributed by atoms with van der Waals surface area (Å²) >= 11 is 0. The lowest BCUT2D eigenvalue weighted by Gasteiger charge is -2.37. The highest BCUT2D eigenvalue weighted by atomic mass is 16.5. The van der Waals surface area contributed by atoms with Gasteiger partial charge in [-0.2, -0.15) is 0 Å². The average molecular weight is 465 g/mol. The number of hydrogen-bond donors (Lipinski definition) is 1. The van der Waals surface area contributed by atoms with Crippen LogP contribution >= 0.6 is 0 Å². The molecular weight excluding hydrogens is 424 g/mol. The molecule has 184 valence electrons. The molecule has 1 aliphatic carbocycles. The summed E-state index contributed by atoms with van der Waals surface area (Å²) in [4.78, 5) is 24.2. The number of carboxylic acid groups (broad SMARTS) is 1. The highest BCUT2D eigenvalue weighted by Gasteiger charge is 2.30.